The Labute approximate surface area is 180 Å². The zero-order valence-electron chi connectivity index (χ0n) is 17.7. The number of hydrogen-bond donors (Lipinski definition) is 2. The van der Waals surface area contributed by atoms with Crippen LogP contribution in [0.1, 0.15) is 31.5 Å². The Morgan fingerprint density at radius 3 is 2.90 bits per heavy atom. The average Bonchev–Trinajstić information content (AvgIpc) is 3.09. The first-order valence-electron chi connectivity index (χ1n) is 10.7. The summed E-state index contributed by atoms with van der Waals surface area (Å²) in [6.45, 7) is 1.29. The number of pyridine rings is 1. The van der Waals surface area contributed by atoms with Crippen molar-refractivity contribution < 1.29 is 14.3 Å². The second-order valence-electron chi connectivity index (χ2n) is 8.29. The van der Waals surface area contributed by atoms with Gasteiger partial charge in [0.2, 0.25) is 5.91 Å². The van der Waals surface area contributed by atoms with Crippen LogP contribution in [-0.2, 0) is 18.3 Å². The number of benzene rings is 1. The summed E-state index contributed by atoms with van der Waals surface area (Å²) in [4.78, 5) is 23.0. The maximum atomic E-state index is 13.1. The lowest BCUT2D eigenvalue weighted by atomic mass is 9.92. The molecule has 1 fully saturated rings. The summed E-state index contributed by atoms with van der Waals surface area (Å²) >= 11 is 0. The summed E-state index contributed by atoms with van der Waals surface area (Å²) < 4.78 is 15.2. The number of nitrogens with zero attached hydrogens (tertiary/aromatic N) is 4. The van der Waals surface area contributed by atoms with Crippen LogP contribution in [0.2, 0.25) is 0 Å². The van der Waals surface area contributed by atoms with Gasteiger partial charge in [0, 0.05) is 39.5 Å². The van der Waals surface area contributed by atoms with Gasteiger partial charge in [-0.15, -0.1) is 0 Å². The largest absolute Gasteiger partial charge is 0.386 e. The molecule has 4 rings (SSSR count). The number of para-hydroxylation sites is 2. The summed E-state index contributed by atoms with van der Waals surface area (Å²) in [6, 6.07) is 11.0. The normalized spacial score (nSPS) is 19.0. The minimum absolute atomic E-state index is 0.0794. The first-order valence-corrected chi connectivity index (χ1v) is 10.7. The SMILES string of the molecule is Cn1c(CCCC(=O)NCC2(O)CCCN(c3ccc(F)cn3)C2)nc2ccccc21. The molecular weight excluding hydrogens is 397 g/mol. The van der Waals surface area contributed by atoms with E-state index in [1.807, 2.05) is 36.2 Å². The third kappa shape index (κ3) is 5.02. The number of aromatic nitrogens is 3. The van der Waals surface area contributed by atoms with Gasteiger partial charge in [0.25, 0.3) is 0 Å². The lowest BCUT2D eigenvalue weighted by Gasteiger charge is -2.39. The smallest absolute Gasteiger partial charge is 0.220 e. The topological polar surface area (TPSA) is 83.3 Å². The Morgan fingerprint density at radius 1 is 1.29 bits per heavy atom. The summed E-state index contributed by atoms with van der Waals surface area (Å²) in [6.07, 6.45) is 4.33. The molecule has 1 aliphatic heterocycles. The van der Waals surface area contributed by atoms with E-state index in [-0.39, 0.29) is 18.3 Å². The number of piperidine rings is 1. The molecule has 2 N–H and O–H groups in total. The molecule has 7 nitrogen and oxygen atoms in total. The van der Waals surface area contributed by atoms with E-state index in [2.05, 4.69) is 19.9 Å². The quantitative estimate of drug-likeness (QED) is 0.608. The fourth-order valence-corrected chi connectivity index (χ4v) is 4.18. The minimum atomic E-state index is -1.03. The Balaban J connectivity index is 1.25. The molecule has 1 aromatic carbocycles. The number of hydrogen-bond acceptors (Lipinski definition) is 5. The molecule has 8 heteroatoms. The molecule has 1 unspecified atom stereocenters. The van der Waals surface area contributed by atoms with Gasteiger partial charge in [0.1, 0.15) is 17.5 Å². The van der Waals surface area contributed by atoms with Crippen molar-refractivity contribution in [1.29, 1.82) is 0 Å². The van der Waals surface area contributed by atoms with Gasteiger partial charge in [-0.1, -0.05) is 12.1 Å². The lowest BCUT2D eigenvalue weighted by Crippen LogP contribution is -2.54. The highest BCUT2D eigenvalue weighted by Gasteiger charge is 2.34. The van der Waals surface area contributed by atoms with E-state index in [4.69, 9.17) is 0 Å². The molecule has 0 radical (unpaired) electrons. The molecule has 1 aliphatic rings. The molecule has 1 saturated heterocycles. The number of aryl methyl sites for hydroxylation is 2. The van der Waals surface area contributed by atoms with E-state index < -0.39 is 5.60 Å². The number of nitrogens with one attached hydrogen (secondary N) is 1. The summed E-state index contributed by atoms with van der Waals surface area (Å²) in [5.41, 5.74) is 1.02. The van der Waals surface area contributed by atoms with Crippen LogP contribution in [0.15, 0.2) is 42.6 Å². The Kier molecular flexibility index (Phi) is 6.18. The molecule has 3 heterocycles. The third-order valence-electron chi connectivity index (χ3n) is 5.89. The fourth-order valence-electron chi connectivity index (χ4n) is 4.18. The van der Waals surface area contributed by atoms with E-state index in [0.29, 0.717) is 38.0 Å². The lowest BCUT2D eigenvalue weighted by molar-refractivity contribution is -0.122. The summed E-state index contributed by atoms with van der Waals surface area (Å²) in [7, 11) is 1.99. The van der Waals surface area contributed by atoms with Crippen LogP contribution < -0.4 is 10.2 Å². The molecule has 0 spiro atoms. The Hall–Kier alpha value is -3.00. The van der Waals surface area contributed by atoms with E-state index in [1.165, 1.54) is 12.3 Å². The molecule has 31 heavy (non-hydrogen) atoms. The van der Waals surface area contributed by atoms with Crippen LogP contribution in [-0.4, -0.2) is 50.8 Å². The predicted molar refractivity (Wildman–Crippen MR) is 117 cm³/mol. The van der Waals surface area contributed by atoms with Gasteiger partial charge in [-0.2, -0.15) is 0 Å². The van der Waals surface area contributed by atoms with E-state index in [0.717, 1.165) is 29.8 Å². The Morgan fingerprint density at radius 2 is 2.13 bits per heavy atom. The van der Waals surface area contributed by atoms with Gasteiger partial charge in [0.05, 0.1) is 22.8 Å². The van der Waals surface area contributed by atoms with Crippen molar-refractivity contribution in [2.75, 3.05) is 24.5 Å². The first-order chi connectivity index (χ1) is 14.9. The monoisotopic (exact) mass is 425 g/mol. The van der Waals surface area contributed by atoms with Crippen LogP contribution in [0, 0.1) is 5.82 Å². The van der Waals surface area contributed by atoms with Crippen molar-refractivity contribution in [1.82, 2.24) is 19.9 Å². The second-order valence-corrected chi connectivity index (χ2v) is 8.29. The van der Waals surface area contributed by atoms with Gasteiger partial charge in [-0.05, 0) is 43.5 Å². The van der Waals surface area contributed by atoms with Crippen molar-refractivity contribution in [3.05, 3.63) is 54.2 Å². The standard InChI is InChI=1S/C23H28FN5O2/c1-28-19-7-3-2-6-18(19)27-21(28)8-4-9-22(30)26-15-23(31)12-5-13-29(16-23)20-11-10-17(24)14-25-20/h2-3,6-7,10-11,14,31H,4-5,8-9,12-13,15-16H2,1H3,(H,26,30). The molecule has 164 valence electrons. The van der Waals surface area contributed by atoms with E-state index in [9.17, 15) is 14.3 Å². The van der Waals surface area contributed by atoms with Gasteiger partial charge < -0.3 is 19.9 Å². The molecule has 3 aromatic rings. The number of carbonyl (C=O) groups excluding carboxylic acids is 1. The maximum absolute atomic E-state index is 13.1. The zero-order chi connectivity index (χ0) is 21.8. The second kappa shape index (κ2) is 9.01. The molecule has 1 amide bonds. The molecular formula is C23H28FN5O2. The van der Waals surface area contributed by atoms with Crippen LogP contribution in [0.5, 0.6) is 0 Å². The number of anilines is 1. The van der Waals surface area contributed by atoms with E-state index >= 15 is 0 Å². The van der Waals surface area contributed by atoms with Gasteiger partial charge in [-0.25, -0.2) is 14.4 Å². The minimum Gasteiger partial charge on any atom is -0.386 e. The number of amides is 1. The highest BCUT2D eigenvalue weighted by atomic mass is 19.1. The van der Waals surface area contributed by atoms with Crippen LogP contribution >= 0.6 is 0 Å². The summed E-state index contributed by atoms with van der Waals surface area (Å²) in [5.74, 6) is 1.13. The van der Waals surface area contributed by atoms with Crippen molar-refractivity contribution in [2.24, 2.45) is 7.05 Å². The van der Waals surface area contributed by atoms with Crippen molar-refractivity contribution in [2.45, 2.75) is 37.7 Å². The van der Waals surface area contributed by atoms with Crippen LogP contribution in [0.4, 0.5) is 10.2 Å². The highest BCUT2D eigenvalue weighted by Crippen LogP contribution is 2.24. The molecule has 0 bridgehead atoms. The van der Waals surface area contributed by atoms with E-state index in [1.54, 1.807) is 6.07 Å². The number of fused-ring (bicyclic) bond motifs is 1. The van der Waals surface area contributed by atoms with Crippen molar-refractivity contribution in [3.63, 3.8) is 0 Å². The highest BCUT2D eigenvalue weighted by molar-refractivity contribution is 5.76. The Bertz CT molecular complexity index is 1050. The van der Waals surface area contributed by atoms with Crippen LogP contribution in [0.3, 0.4) is 0 Å². The van der Waals surface area contributed by atoms with Crippen molar-refractivity contribution >= 4 is 22.8 Å². The molecule has 1 atom stereocenters. The zero-order valence-corrected chi connectivity index (χ0v) is 17.7. The summed E-state index contributed by atoms with van der Waals surface area (Å²) in [5, 5.41) is 13.8. The first kappa shape index (κ1) is 21.2. The van der Waals surface area contributed by atoms with Crippen molar-refractivity contribution in [3.8, 4) is 0 Å². The molecule has 0 saturated carbocycles. The average molecular weight is 426 g/mol. The number of carbonyl (C=O) groups is 1. The number of imidazole rings is 1. The van der Waals surface area contributed by atoms with Gasteiger partial charge in [0.15, 0.2) is 0 Å². The van der Waals surface area contributed by atoms with Gasteiger partial charge >= 0.3 is 0 Å². The molecule has 2 aromatic heterocycles. The number of rotatable bonds is 7. The van der Waals surface area contributed by atoms with Gasteiger partial charge in [-0.3, -0.25) is 4.79 Å². The number of β-amino-alcohol motifs (C(OH)–C–C–N with tert-alkyl or cyclic N) is 1. The fraction of sp³-hybridized carbons (Fsp3) is 0.435. The number of aliphatic hydroxyl groups is 1. The van der Waals surface area contributed by atoms with Crippen LogP contribution in [0.25, 0.3) is 11.0 Å². The third-order valence-corrected chi connectivity index (χ3v) is 5.89. The molecule has 0 aliphatic carbocycles. The predicted octanol–water partition coefficient (Wildman–Crippen LogP) is 2.58. The number of halogens is 1. The maximum Gasteiger partial charge on any atom is 0.220 e.